The highest BCUT2D eigenvalue weighted by atomic mass is 32.1. The van der Waals surface area contributed by atoms with E-state index in [1.54, 1.807) is 11.3 Å². The molecule has 1 aromatic carbocycles. The van der Waals surface area contributed by atoms with Crippen LogP contribution in [0.15, 0.2) is 41.8 Å². The van der Waals surface area contributed by atoms with Crippen LogP contribution < -0.4 is 10.2 Å². The molecule has 0 fully saturated rings. The third kappa shape index (κ3) is 3.42. The number of hydrogen-bond donors (Lipinski definition) is 1. The summed E-state index contributed by atoms with van der Waals surface area (Å²) in [6, 6.07) is 12.3. The Hall–Kier alpha value is -2.01. The van der Waals surface area contributed by atoms with Crippen LogP contribution in [0, 0.1) is 0 Å². The standard InChI is InChI=1S/C17H21N3OS/c1-19(12-14-6-4-11-22-14)17(21)13-20-10-5-9-18-15-7-2-3-8-16(15)20/h2-4,6-8,11,18H,5,9-10,12-13H2,1H3. The highest BCUT2D eigenvalue weighted by Gasteiger charge is 2.19. The molecule has 1 N–H and O–H groups in total. The van der Waals surface area contributed by atoms with Crippen LogP contribution in [0.25, 0.3) is 0 Å². The van der Waals surface area contributed by atoms with Crippen molar-refractivity contribution in [1.29, 1.82) is 0 Å². The van der Waals surface area contributed by atoms with E-state index in [4.69, 9.17) is 0 Å². The minimum Gasteiger partial charge on any atom is -0.383 e. The molecule has 2 heterocycles. The molecular formula is C17H21N3OS. The topological polar surface area (TPSA) is 35.6 Å². The second-order valence-electron chi connectivity index (χ2n) is 5.55. The van der Waals surface area contributed by atoms with E-state index < -0.39 is 0 Å². The lowest BCUT2D eigenvalue weighted by Gasteiger charge is -2.26. The van der Waals surface area contributed by atoms with Crippen LogP contribution in [0.5, 0.6) is 0 Å². The number of carbonyl (C=O) groups is 1. The van der Waals surface area contributed by atoms with Gasteiger partial charge in [0.2, 0.25) is 5.91 Å². The van der Waals surface area contributed by atoms with E-state index in [0.717, 1.165) is 30.9 Å². The zero-order valence-electron chi connectivity index (χ0n) is 12.8. The predicted octanol–water partition coefficient (Wildman–Crippen LogP) is 3.03. The summed E-state index contributed by atoms with van der Waals surface area (Å²) in [6.45, 7) is 2.97. The Morgan fingerprint density at radius 1 is 1.32 bits per heavy atom. The first kappa shape index (κ1) is 14.9. The molecule has 22 heavy (non-hydrogen) atoms. The molecule has 1 amide bonds. The van der Waals surface area contributed by atoms with Crippen molar-refractivity contribution in [2.45, 2.75) is 13.0 Å². The van der Waals surface area contributed by atoms with Crippen LogP contribution in [0.4, 0.5) is 11.4 Å². The number of likely N-dealkylation sites (N-methyl/N-ethyl adjacent to an activating group) is 1. The molecule has 0 atom stereocenters. The summed E-state index contributed by atoms with van der Waals surface area (Å²) >= 11 is 1.69. The van der Waals surface area contributed by atoms with E-state index in [1.165, 1.54) is 4.88 Å². The first-order valence-corrected chi connectivity index (χ1v) is 8.46. The lowest BCUT2D eigenvalue weighted by Crippen LogP contribution is -2.38. The molecule has 0 bridgehead atoms. The van der Waals surface area contributed by atoms with E-state index in [-0.39, 0.29) is 5.91 Å². The zero-order valence-corrected chi connectivity index (χ0v) is 13.6. The van der Waals surface area contributed by atoms with Crippen LogP contribution >= 0.6 is 11.3 Å². The molecule has 0 saturated carbocycles. The number of nitrogens with zero attached hydrogens (tertiary/aromatic N) is 2. The maximum atomic E-state index is 12.5. The number of benzene rings is 1. The van der Waals surface area contributed by atoms with Crippen LogP contribution in [0.2, 0.25) is 0 Å². The number of hydrogen-bond acceptors (Lipinski definition) is 4. The quantitative estimate of drug-likeness (QED) is 0.942. The van der Waals surface area contributed by atoms with Crippen LogP contribution in [-0.2, 0) is 11.3 Å². The van der Waals surface area contributed by atoms with Crippen molar-refractivity contribution in [3.63, 3.8) is 0 Å². The molecule has 4 nitrogen and oxygen atoms in total. The lowest BCUT2D eigenvalue weighted by molar-refractivity contribution is -0.128. The van der Waals surface area contributed by atoms with Gasteiger partial charge in [-0.3, -0.25) is 4.79 Å². The highest BCUT2D eigenvalue weighted by molar-refractivity contribution is 7.09. The van der Waals surface area contributed by atoms with Crippen molar-refractivity contribution < 1.29 is 4.79 Å². The molecule has 0 unspecified atom stereocenters. The van der Waals surface area contributed by atoms with Gasteiger partial charge in [0.05, 0.1) is 24.5 Å². The molecule has 116 valence electrons. The van der Waals surface area contributed by atoms with Gasteiger partial charge in [-0.15, -0.1) is 11.3 Å². The zero-order chi connectivity index (χ0) is 15.4. The normalized spacial score (nSPS) is 14.0. The SMILES string of the molecule is CN(Cc1cccs1)C(=O)CN1CCCNc2ccccc21. The van der Waals surface area contributed by atoms with Crippen molar-refractivity contribution in [3.05, 3.63) is 46.7 Å². The first-order valence-electron chi connectivity index (χ1n) is 7.58. The number of para-hydroxylation sites is 2. The van der Waals surface area contributed by atoms with E-state index >= 15 is 0 Å². The molecule has 0 aliphatic carbocycles. The summed E-state index contributed by atoms with van der Waals surface area (Å²) in [5, 5.41) is 5.48. The summed E-state index contributed by atoms with van der Waals surface area (Å²) in [6.07, 6.45) is 1.04. The summed E-state index contributed by atoms with van der Waals surface area (Å²) < 4.78 is 0. The van der Waals surface area contributed by atoms with Gasteiger partial charge in [-0.1, -0.05) is 18.2 Å². The molecule has 1 aliphatic rings. The van der Waals surface area contributed by atoms with Crippen molar-refractivity contribution in [3.8, 4) is 0 Å². The van der Waals surface area contributed by atoms with Crippen molar-refractivity contribution in [1.82, 2.24) is 4.90 Å². The second kappa shape index (κ2) is 6.83. The Kier molecular flexibility index (Phi) is 4.63. The predicted molar refractivity (Wildman–Crippen MR) is 92.6 cm³/mol. The Bertz CT molecular complexity index is 627. The molecule has 5 heteroatoms. The smallest absolute Gasteiger partial charge is 0.242 e. The van der Waals surface area contributed by atoms with E-state index in [9.17, 15) is 4.79 Å². The maximum absolute atomic E-state index is 12.5. The van der Waals surface area contributed by atoms with Gasteiger partial charge >= 0.3 is 0 Å². The highest BCUT2D eigenvalue weighted by Crippen LogP contribution is 2.27. The number of carbonyl (C=O) groups excluding carboxylic acids is 1. The molecule has 0 radical (unpaired) electrons. The minimum atomic E-state index is 0.158. The lowest BCUT2D eigenvalue weighted by atomic mass is 10.2. The maximum Gasteiger partial charge on any atom is 0.242 e. The average molecular weight is 315 g/mol. The average Bonchev–Trinajstić information content (AvgIpc) is 2.95. The number of amides is 1. The third-order valence-electron chi connectivity index (χ3n) is 3.89. The minimum absolute atomic E-state index is 0.158. The fraction of sp³-hybridized carbons (Fsp3) is 0.353. The first-order chi connectivity index (χ1) is 10.7. The third-order valence-corrected chi connectivity index (χ3v) is 4.75. The van der Waals surface area contributed by atoms with Gasteiger partial charge in [0.25, 0.3) is 0 Å². The molecule has 0 spiro atoms. The summed E-state index contributed by atoms with van der Waals surface area (Å²) in [5.74, 6) is 0.158. The van der Waals surface area contributed by atoms with Crippen LogP contribution in [-0.4, -0.2) is 37.5 Å². The molecular weight excluding hydrogens is 294 g/mol. The Morgan fingerprint density at radius 3 is 3.00 bits per heavy atom. The number of nitrogens with one attached hydrogen (secondary N) is 1. The molecule has 1 aliphatic heterocycles. The van der Waals surface area contributed by atoms with E-state index in [1.807, 2.05) is 35.5 Å². The van der Waals surface area contributed by atoms with E-state index in [0.29, 0.717) is 13.1 Å². The van der Waals surface area contributed by atoms with Gasteiger partial charge in [0.15, 0.2) is 0 Å². The van der Waals surface area contributed by atoms with E-state index in [2.05, 4.69) is 28.4 Å². The molecule has 3 rings (SSSR count). The Labute approximate surface area is 135 Å². The number of rotatable bonds is 4. The van der Waals surface area contributed by atoms with Gasteiger partial charge in [0.1, 0.15) is 0 Å². The fourth-order valence-electron chi connectivity index (χ4n) is 2.68. The van der Waals surface area contributed by atoms with Crippen LogP contribution in [0.1, 0.15) is 11.3 Å². The van der Waals surface area contributed by atoms with Gasteiger partial charge in [-0.25, -0.2) is 0 Å². The van der Waals surface area contributed by atoms with Crippen molar-refractivity contribution >= 4 is 28.6 Å². The Morgan fingerprint density at radius 2 is 2.18 bits per heavy atom. The summed E-state index contributed by atoms with van der Waals surface area (Å²) in [4.78, 5) is 17.7. The number of anilines is 2. The summed E-state index contributed by atoms with van der Waals surface area (Å²) in [5.41, 5.74) is 2.24. The van der Waals surface area contributed by atoms with Gasteiger partial charge in [0, 0.05) is 25.0 Å². The van der Waals surface area contributed by atoms with Gasteiger partial charge in [-0.05, 0) is 30.0 Å². The van der Waals surface area contributed by atoms with Crippen LogP contribution in [0.3, 0.4) is 0 Å². The van der Waals surface area contributed by atoms with Crippen molar-refractivity contribution in [2.24, 2.45) is 0 Å². The Balaban J connectivity index is 1.68. The van der Waals surface area contributed by atoms with Gasteiger partial charge in [-0.2, -0.15) is 0 Å². The molecule has 1 aromatic heterocycles. The second-order valence-corrected chi connectivity index (χ2v) is 6.58. The molecule has 0 saturated heterocycles. The van der Waals surface area contributed by atoms with Crippen molar-refractivity contribution in [2.75, 3.05) is 36.9 Å². The fourth-order valence-corrected chi connectivity index (χ4v) is 3.44. The number of fused-ring (bicyclic) bond motifs is 1. The summed E-state index contributed by atoms with van der Waals surface area (Å²) in [7, 11) is 1.88. The number of thiophene rings is 1. The largest absolute Gasteiger partial charge is 0.383 e. The molecule has 2 aromatic rings. The monoisotopic (exact) mass is 315 g/mol. The van der Waals surface area contributed by atoms with Gasteiger partial charge < -0.3 is 15.1 Å².